The fourth-order valence-electron chi connectivity index (χ4n) is 1.57. The van der Waals surface area contributed by atoms with Gasteiger partial charge in [-0.15, -0.1) is 0 Å². The molecule has 0 saturated heterocycles. The van der Waals surface area contributed by atoms with Gasteiger partial charge in [0, 0.05) is 0 Å². The van der Waals surface area contributed by atoms with Gasteiger partial charge in [-0.25, -0.2) is 12.7 Å². The van der Waals surface area contributed by atoms with E-state index in [2.05, 4.69) is 12.6 Å². The Morgan fingerprint density at radius 1 is 1.33 bits per heavy atom. The Kier molecular flexibility index (Phi) is 2.27. The van der Waals surface area contributed by atoms with E-state index in [1.54, 1.807) is 19.1 Å². The first-order chi connectivity index (χ1) is 6.96. The second-order valence-corrected chi connectivity index (χ2v) is 5.76. The molecule has 1 aliphatic heterocycles. The van der Waals surface area contributed by atoms with Gasteiger partial charge in [-0.1, -0.05) is 12.1 Å². The van der Waals surface area contributed by atoms with Crippen molar-refractivity contribution in [3.8, 4) is 0 Å². The molecule has 6 heteroatoms. The maximum absolute atomic E-state index is 11.9. The number of fused-ring (bicyclic) bond motifs is 1. The smallest absolute Gasteiger partial charge is 0.268 e. The van der Waals surface area contributed by atoms with Crippen LogP contribution in [0.25, 0.3) is 0 Å². The summed E-state index contributed by atoms with van der Waals surface area (Å²) in [7, 11) is -3.69. The largest absolute Gasteiger partial charge is 0.270 e. The summed E-state index contributed by atoms with van der Waals surface area (Å²) in [5, 5.41) is -0.658. The molecule has 0 saturated carbocycles. The van der Waals surface area contributed by atoms with Crippen molar-refractivity contribution in [1.29, 1.82) is 0 Å². The highest BCUT2D eigenvalue weighted by molar-refractivity contribution is 7.91. The van der Waals surface area contributed by atoms with Crippen LogP contribution >= 0.6 is 12.6 Å². The number of benzene rings is 1. The molecule has 80 valence electrons. The van der Waals surface area contributed by atoms with Gasteiger partial charge in [0.2, 0.25) is 0 Å². The van der Waals surface area contributed by atoms with Crippen molar-refractivity contribution in [2.45, 2.75) is 17.2 Å². The van der Waals surface area contributed by atoms with Crippen LogP contribution in [-0.4, -0.2) is 24.0 Å². The summed E-state index contributed by atoms with van der Waals surface area (Å²) in [6, 6.07) is 6.17. The van der Waals surface area contributed by atoms with Crippen molar-refractivity contribution in [2.24, 2.45) is 0 Å². The quantitative estimate of drug-likeness (QED) is 0.752. The van der Waals surface area contributed by atoms with Crippen LogP contribution in [0.4, 0.5) is 0 Å². The van der Waals surface area contributed by atoms with E-state index < -0.39 is 21.3 Å². The summed E-state index contributed by atoms with van der Waals surface area (Å²) in [6.45, 7) is 1.55. The van der Waals surface area contributed by atoms with Gasteiger partial charge >= 0.3 is 0 Å². The zero-order chi connectivity index (χ0) is 11.2. The molecule has 0 spiro atoms. The van der Waals surface area contributed by atoms with Crippen molar-refractivity contribution >= 4 is 28.6 Å². The van der Waals surface area contributed by atoms with Crippen LogP contribution in [0.3, 0.4) is 0 Å². The van der Waals surface area contributed by atoms with Crippen LogP contribution < -0.4 is 0 Å². The monoisotopic (exact) mass is 243 g/mol. The average molecular weight is 243 g/mol. The fraction of sp³-hybridized carbons (Fsp3) is 0.222. The van der Waals surface area contributed by atoms with E-state index in [-0.39, 0.29) is 10.5 Å². The number of hydrogen-bond acceptors (Lipinski definition) is 4. The molecule has 4 nitrogen and oxygen atoms in total. The number of nitrogens with zero attached hydrogens (tertiary/aromatic N) is 1. The lowest BCUT2D eigenvalue weighted by Gasteiger charge is -2.17. The summed E-state index contributed by atoms with van der Waals surface area (Å²) in [5.41, 5.74) is 0.221. The van der Waals surface area contributed by atoms with Crippen LogP contribution in [-0.2, 0) is 10.0 Å². The van der Waals surface area contributed by atoms with Gasteiger partial charge in [0.05, 0.1) is 10.9 Å². The first kappa shape index (κ1) is 10.5. The van der Waals surface area contributed by atoms with Gasteiger partial charge in [0.1, 0.15) is 4.90 Å². The highest BCUT2D eigenvalue weighted by Crippen LogP contribution is 2.32. The molecule has 0 radical (unpaired) electrons. The standard InChI is InChI=1S/C9H9NO3S2/c1-6(14)10-9(11)7-4-2-3-5-8(7)15(10,12)13/h2-6,14H,1H3. The third-order valence-corrected chi connectivity index (χ3v) is 4.49. The molecule has 0 aromatic heterocycles. The van der Waals surface area contributed by atoms with E-state index in [1.165, 1.54) is 12.1 Å². The lowest BCUT2D eigenvalue weighted by molar-refractivity contribution is 0.0867. The minimum Gasteiger partial charge on any atom is -0.268 e. The van der Waals surface area contributed by atoms with Crippen molar-refractivity contribution in [1.82, 2.24) is 4.31 Å². The molecule has 0 N–H and O–H groups in total. The number of amides is 1. The Hall–Kier alpha value is -1.01. The lowest BCUT2D eigenvalue weighted by atomic mass is 10.2. The van der Waals surface area contributed by atoms with Crippen LogP contribution in [0, 0.1) is 0 Å². The van der Waals surface area contributed by atoms with Crippen LogP contribution in [0.1, 0.15) is 17.3 Å². The molecule has 1 unspecified atom stereocenters. The third-order valence-electron chi connectivity index (χ3n) is 2.19. The van der Waals surface area contributed by atoms with Gasteiger partial charge in [0.25, 0.3) is 15.9 Å². The Morgan fingerprint density at radius 3 is 2.47 bits per heavy atom. The molecule has 2 rings (SSSR count). The number of sulfonamides is 1. The molecule has 1 aliphatic rings. The zero-order valence-corrected chi connectivity index (χ0v) is 9.63. The Morgan fingerprint density at radius 2 is 1.93 bits per heavy atom. The Bertz CT molecular complexity index is 522. The molecular formula is C9H9NO3S2. The minimum absolute atomic E-state index is 0.0656. The number of thiol groups is 1. The molecule has 1 amide bonds. The molecule has 1 aromatic rings. The lowest BCUT2D eigenvalue weighted by Crippen LogP contribution is -2.34. The molecule has 0 aliphatic carbocycles. The maximum Gasteiger partial charge on any atom is 0.270 e. The predicted molar refractivity (Wildman–Crippen MR) is 58.2 cm³/mol. The summed E-state index contributed by atoms with van der Waals surface area (Å²) < 4.78 is 24.6. The van der Waals surface area contributed by atoms with E-state index >= 15 is 0 Å². The van der Waals surface area contributed by atoms with E-state index in [0.717, 1.165) is 4.31 Å². The van der Waals surface area contributed by atoms with Gasteiger partial charge in [0.15, 0.2) is 0 Å². The van der Waals surface area contributed by atoms with Gasteiger partial charge in [-0.05, 0) is 19.1 Å². The topological polar surface area (TPSA) is 54.5 Å². The fourth-order valence-corrected chi connectivity index (χ4v) is 3.66. The molecule has 0 bridgehead atoms. The molecule has 1 heterocycles. The summed E-state index contributed by atoms with van der Waals surface area (Å²) in [5.74, 6) is -0.506. The number of hydrogen-bond donors (Lipinski definition) is 1. The van der Waals surface area contributed by atoms with Crippen molar-refractivity contribution in [3.05, 3.63) is 29.8 Å². The van der Waals surface area contributed by atoms with Gasteiger partial charge < -0.3 is 0 Å². The highest BCUT2D eigenvalue weighted by atomic mass is 32.2. The number of carbonyl (C=O) groups excluding carboxylic acids is 1. The molecule has 0 fully saturated rings. The van der Waals surface area contributed by atoms with E-state index in [1.807, 2.05) is 0 Å². The Balaban J connectivity index is 2.71. The van der Waals surface area contributed by atoms with Crippen LogP contribution in [0.2, 0.25) is 0 Å². The van der Waals surface area contributed by atoms with Gasteiger partial charge in [-0.2, -0.15) is 12.6 Å². The van der Waals surface area contributed by atoms with Crippen LogP contribution in [0.15, 0.2) is 29.2 Å². The Labute approximate surface area is 93.4 Å². The van der Waals surface area contributed by atoms with Crippen molar-refractivity contribution in [2.75, 3.05) is 0 Å². The second kappa shape index (κ2) is 3.24. The normalized spacial score (nSPS) is 20.1. The van der Waals surface area contributed by atoms with Crippen molar-refractivity contribution in [3.63, 3.8) is 0 Å². The van der Waals surface area contributed by atoms with Crippen molar-refractivity contribution < 1.29 is 13.2 Å². The second-order valence-electron chi connectivity index (χ2n) is 3.23. The predicted octanol–water partition coefficient (Wildman–Crippen LogP) is 1.11. The average Bonchev–Trinajstić information content (AvgIpc) is 2.36. The summed E-state index contributed by atoms with van der Waals surface area (Å²) in [4.78, 5) is 11.8. The first-order valence-electron chi connectivity index (χ1n) is 4.32. The molecule has 15 heavy (non-hydrogen) atoms. The van der Waals surface area contributed by atoms with Gasteiger partial charge in [-0.3, -0.25) is 4.79 Å². The van der Waals surface area contributed by atoms with Crippen LogP contribution in [0.5, 0.6) is 0 Å². The minimum atomic E-state index is -3.69. The zero-order valence-electron chi connectivity index (χ0n) is 7.91. The first-order valence-corrected chi connectivity index (χ1v) is 6.28. The third kappa shape index (κ3) is 1.36. The van der Waals surface area contributed by atoms with E-state index in [0.29, 0.717) is 0 Å². The molecule has 1 atom stereocenters. The molecular weight excluding hydrogens is 234 g/mol. The highest BCUT2D eigenvalue weighted by Gasteiger charge is 2.42. The SMILES string of the molecule is CC(S)N1C(=O)c2ccccc2S1(=O)=O. The number of carbonyl (C=O) groups is 1. The maximum atomic E-state index is 11.9. The summed E-state index contributed by atoms with van der Waals surface area (Å²) in [6.07, 6.45) is 0. The summed E-state index contributed by atoms with van der Waals surface area (Å²) >= 11 is 4.00. The van der Waals surface area contributed by atoms with E-state index in [9.17, 15) is 13.2 Å². The number of rotatable bonds is 1. The molecule has 1 aromatic carbocycles. The van der Waals surface area contributed by atoms with E-state index in [4.69, 9.17) is 0 Å².